The van der Waals surface area contributed by atoms with Gasteiger partial charge in [0, 0.05) is 19.5 Å². The molecule has 1 aliphatic heterocycles. The second-order valence-corrected chi connectivity index (χ2v) is 2.84. The van der Waals surface area contributed by atoms with Crippen LogP contribution in [-0.2, 0) is 4.79 Å². The number of carbonyl (C=O) groups excluding carboxylic acids is 1. The molecule has 1 amide bonds. The minimum absolute atomic E-state index is 0.355. The van der Waals surface area contributed by atoms with Crippen molar-refractivity contribution in [3.63, 3.8) is 0 Å². The molecule has 12 heavy (non-hydrogen) atoms. The molecule has 0 aromatic rings. The highest BCUT2D eigenvalue weighted by molar-refractivity contribution is 5.77. The fourth-order valence-corrected chi connectivity index (χ4v) is 1.29. The van der Waals surface area contributed by atoms with E-state index in [0.717, 1.165) is 32.4 Å². The lowest BCUT2D eigenvalue weighted by Gasteiger charge is -2.13. The van der Waals surface area contributed by atoms with E-state index in [1.54, 1.807) is 0 Å². The summed E-state index contributed by atoms with van der Waals surface area (Å²) in [6.45, 7) is 8.13. The fourth-order valence-electron chi connectivity index (χ4n) is 1.29. The quantitative estimate of drug-likeness (QED) is 0.638. The van der Waals surface area contributed by atoms with Crippen LogP contribution in [0.3, 0.4) is 0 Å². The van der Waals surface area contributed by atoms with E-state index in [0.29, 0.717) is 5.91 Å². The molecule has 1 aliphatic rings. The molecule has 1 heterocycles. The number of hydrogen-bond acceptors (Lipinski definition) is 1. The average Bonchev–Trinajstić information content (AvgIpc) is 2.51. The van der Waals surface area contributed by atoms with Crippen molar-refractivity contribution in [2.75, 3.05) is 13.1 Å². The normalized spacial score (nSPS) is 15.9. The van der Waals surface area contributed by atoms with Gasteiger partial charge in [0.05, 0.1) is 0 Å². The molecule has 0 aromatic heterocycles. The molecule has 2 heteroatoms. The minimum atomic E-state index is 0.355. The van der Waals surface area contributed by atoms with Crippen molar-refractivity contribution in [3.05, 3.63) is 0 Å². The summed E-state index contributed by atoms with van der Waals surface area (Å²) in [7, 11) is 0. The number of carbonyl (C=O) groups is 1. The van der Waals surface area contributed by atoms with Gasteiger partial charge in [-0.25, -0.2) is 0 Å². The Labute approximate surface area is 75.9 Å². The van der Waals surface area contributed by atoms with Gasteiger partial charge in [0.1, 0.15) is 0 Å². The SMILES string of the molecule is CC.CCCCN1CCCC1=O. The first-order valence-electron chi connectivity index (χ1n) is 5.12. The summed E-state index contributed by atoms with van der Waals surface area (Å²) < 4.78 is 0. The van der Waals surface area contributed by atoms with Crippen molar-refractivity contribution in [3.8, 4) is 0 Å². The maximum atomic E-state index is 11.0. The molecule has 0 aromatic carbocycles. The van der Waals surface area contributed by atoms with Gasteiger partial charge in [-0.3, -0.25) is 4.79 Å². The largest absolute Gasteiger partial charge is 0.343 e. The molecule has 0 N–H and O–H groups in total. The van der Waals surface area contributed by atoms with E-state index in [2.05, 4.69) is 6.92 Å². The van der Waals surface area contributed by atoms with Gasteiger partial charge >= 0.3 is 0 Å². The topological polar surface area (TPSA) is 20.3 Å². The monoisotopic (exact) mass is 171 g/mol. The Hall–Kier alpha value is -0.530. The Morgan fingerprint density at radius 2 is 2.08 bits per heavy atom. The molecular weight excluding hydrogens is 150 g/mol. The zero-order valence-electron chi connectivity index (χ0n) is 8.60. The Kier molecular flexibility index (Phi) is 6.82. The summed E-state index contributed by atoms with van der Waals surface area (Å²) in [4.78, 5) is 13.0. The molecule has 0 saturated carbocycles. The van der Waals surface area contributed by atoms with Crippen LogP contribution in [0.1, 0.15) is 46.5 Å². The van der Waals surface area contributed by atoms with Gasteiger partial charge in [-0.15, -0.1) is 0 Å². The maximum Gasteiger partial charge on any atom is 0.222 e. The molecule has 0 aliphatic carbocycles. The Morgan fingerprint density at radius 1 is 1.42 bits per heavy atom. The van der Waals surface area contributed by atoms with Crippen LogP contribution in [0.25, 0.3) is 0 Å². The van der Waals surface area contributed by atoms with Crippen molar-refractivity contribution in [2.45, 2.75) is 46.5 Å². The first-order valence-corrected chi connectivity index (χ1v) is 5.12. The Bertz CT molecular complexity index is 123. The molecule has 0 spiro atoms. The van der Waals surface area contributed by atoms with Crippen molar-refractivity contribution >= 4 is 5.91 Å². The lowest BCUT2D eigenvalue weighted by molar-refractivity contribution is -0.127. The highest BCUT2D eigenvalue weighted by Crippen LogP contribution is 2.09. The van der Waals surface area contributed by atoms with E-state index in [1.165, 1.54) is 6.42 Å². The van der Waals surface area contributed by atoms with Crippen molar-refractivity contribution < 1.29 is 4.79 Å². The van der Waals surface area contributed by atoms with Gasteiger partial charge in [-0.2, -0.15) is 0 Å². The molecule has 0 atom stereocenters. The third-order valence-corrected chi connectivity index (χ3v) is 1.95. The highest BCUT2D eigenvalue weighted by atomic mass is 16.2. The Morgan fingerprint density at radius 3 is 2.50 bits per heavy atom. The van der Waals surface area contributed by atoms with Gasteiger partial charge in [0.2, 0.25) is 5.91 Å². The molecule has 0 unspecified atom stereocenters. The van der Waals surface area contributed by atoms with Gasteiger partial charge in [-0.1, -0.05) is 27.2 Å². The van der Waals surface area contributed by atoms with Crippen LogP contribution in [-0.4, -0.2) is 23.9 Å². The van der Waals surface area contributed by atoms with E-state index in [9.17, 15) is 4.79 Å². The summed E-state index contributed by atoms with van der Waals surface area (Å²) in [5.74, 6) is 0.355. The zero-order chi connectivity index (χ0) is 9.40. The zero-order valence-corrected chi connectivity index (χ0v) is 8.60. The van der Waals surface area contributed by atoms with Crippen molar-refractivity contribution in [1.82, 2.24) is 4.90 Å². The second-order valence-electron chi connectivity index (χ2n) is 2.84. The molecule has 2 nitrogen and oxygen atoms in total. The fraction of sp³-hybridized carbons (Fsp3) is 0.900. The number of unbranched alkanes of at least 4 members (excludes halogenated alkanes) is 1. The van der Waals surface area contributed by atoms with Crippen LogP contribution in [0.4, 0.5) is 0 Å². The van der Waals surface area contributed by atoms with Crippen LogP contribution in [0.2, 0.25) is 0 Å². The van der Waals surface area contributed by atoms with Crippen molar-refractivity contribution in [2.24, 2.45) is 0 Å². The van der Waals surface area contributed by atoms with E-state index >= 15 is 0 Å². The van der Waals surface area contributed by atoms with E-state index < -0.39 is 0 Å². The van der Waals surface area contributed by atoms with Crippen molar-refractivity contribution in [1.29, 1.82) is 0 Å². The minimum Gasteiger partial charge on any atom is -0.343 e. The molecule has 72 valence electrons. The average molecular weight is 171 g/mol. The van der Waals surface area contributed by atoms with E-state index in [4.69, 9.17) is 0 Å². The standard InChI is InChI=1S/C8H15NO.C2H6/c1-2-3-6-9-7-4-5-8(9)10;1-2/h2-7H2,1H3;1-2H3. The third-order valence-electron chi connectivity index (χ3n) is 1.95. The molecular formula is C10H21NO. The lowest BCUT2D eigenvalue weighted by Crippen LogP contribution is -2.25. The van der Waals surface area contributed by atoms with Crippen LogP contribution in [0.15, 0.2) is 0 Å². The number of amides is 1. The summed E-state index contributed by atoms with van der Waals surface area (Å²) >= 11 is 0. The smallest absolute Gasteiger partial charge is 0.222 e. The summed E-state index contributed by atoms with van der Waals surface area (Å²) in [6, 6.07) is 0. The van der Waals surface area contributed by atoms with Crippen LogP contribution >= 0.6 is 0 Å². The number of nitrogens with zero attached hydrogens (tertiary/aromatic N) is 1. The van der Waals surface area contributed by atoms with Gasteiger partial charge < -0.3 is 4.90 Å². The maximum absolute atomic E-state index is 11.0. The molecule has 0 bridgehead atoms. The molecule has 1 fully saturated rings. The van der Waals surface area contributed by atoms with Crippen LogP contribution in [0.5, 0.6) is 0 Å². The second kappa shape index (κ2) is 7.14. The molecule has 1 rings (SSSR count). The first kappa shape index (κ1) is 11.5. The Balaban J connectivity index is 0.000000561. The number of rotatable bonds is 3. The molecule has 0 radical (unpaired) electrons. The highest BCUT2D eigenvalue weighted by Gasteiger charge is 2.18. The number of hydrogen-bond donors (Lipinski definition) is 0. The summed E-state index contributed by atoms with van der Waals surface area (Å²) in [5.41, 5.74) is 0. The predicted molar refractivity (Wildman–Crippen MR) is 52.1 cm³/mol. The van der Waals surface area contributed by atoms with Crippen LogP contribution in [0, 0.1) is 0 Å². The lowest BCUT2D eigenvalue weighted by atomic mass is 10.3. The first-order chi connectivity index (χ1) is 5.84. The number of likely N-dealkylation sites (tertiary alicyclic amines) is 1. The van der Waals surface area contributed by atoms with Gasteiger partial charge in [0.15, 0.2) is 0 Å². The van der Waals surface area contributed by atoms with Crippen LogP contribution < -0.4 is 0 Å². The van der Waals surface area contributed by atoms with Gasteiger partial charge in [0.25, 0.3) is 0 Å². The third kappa shape index (κ3) is 3.74. The summed E-state index contributed by atoms with van der Waals surface area (Å²) in [5, 5.41) is 0. The van der Waals surface area contributed by atoms with E-state index in [-0.39, 0.29) is 0 Å². The van der Waals surface area contributed by atoms with E-state index in [1.807, 2.05) is 18.7 Å². The predicted octanol–water partition coefficient (Wildman–Crippen LogP) is 2.44. The van der Waals surface area contributed by atoms with Gasteiger partial charge in [-0.05, 0) is 12.8 Å². The summed E-state index contributed by atoms with van der Waals surface area (Å²) in [6.07, 6.45) is 4.20. The molecule has 1 saturated heterocycles.